The Labute approximate surface area is 131 Å². The number of carbonyl (C=O) groups is 1. The molecule has 0 aliphatic heterocycles. The Morgan fingerprint density at radius 3 is 2.57 bits per heavy atom. The van der Waals surface area contributed by atoms with Gasteiger partial charge < -0.3 is 15.0 Å². The second-order valence-electron chi connectivity index (χ2n) is 4.63. The molecule has 114 valence electrons. The molecule has 0 aliphatic carbocycles. The maximum absolute atomic E-state index is 12.0. The van der Waals surface area contributed by atoms with Crippen LogP contribution in [-0.4, -0.2) is 32.4 Å². The van der Waals surface area contributed by atoms with E-state index in [1.165, 1.54) is 24.2 Å². The van der Waals surface area contributed by atoms with E-state index in [2.05, 4.69) is 10.1 Å². The van der Waals surface area contributed by atoms with Crippen LogP contribution in [0.2, 0.25) is 0 Å². The number of nitriles is 1. The van der Waals surface area contributed by atoms with Gasteiger partial charge >= 0.3 is 5.97 Å². The van der Waals surface area contributed by atoms with Crippen molar-refractivity contribution in [1.82, 2.24) is 19.3 Å². The summed E-state index contributed by atoms with van der Waals surface area (Å²) in [6, 6.07) is 9.15. The van der Waals surface area contributed by atoms with Crippen molar-refractivity contribution in [2.75, 3.05) is 12.8 Å². The van der Waals surface area contributed by atoms with Gasteiger partial charge in [-0.05, 0) is 24.3 Å². The zero-order chi connectivity index (χ0) is 16.4. The number of esters is 1. The largest absolute Gasteiger partial charge is 0.464 e. The molecule has 8 heteroatoms. The van der Waals surface area contributed by atoms with Crippen LogP contribution in [0.4, 0.5) is 5.69 Å². The Balaban J connectivity index is 2.08. The highest BCUT2D eigenvalue weighted by Crippen LogP contribution is 2.25. The molecule has 3 rings (SSSR count). The lowest BCUT2D eigenvalue weighted by Crippen LogP contribution is -2.11. The van der Waals surface area contributed by atoms with Gasteiger partial charge in [0.1, 0.15) is 18.7 Å². The van der Waals surface area contributed by atoms with E-state index >= 15 is 0 Å². The molecular formula is C15H12N6O2. The molecule has 8 nitrogen and oxygen atoms in total. The molecule has 2 heterocycles. The van der Waals surface area contributed by atoms with E-state index in [9.17, 15) is 4.79 Å². The molecule has 23 heavy (non-hydrogen) atoms. The number of methoxy groups -OCH3 is 1. The van der Waals surface area contributed by atoms with Crippen molar-refractivity contribution in [2.45, 2.75) is 0 Å². The number of hydrogen-bond donors (Lipinski definition) is 1. The zero-order valence-corrected chi connectivity index (χ0v) is 12.2. The van der Waals surface area contributed by atoms with Crippen molar-refractivity contribution in [2.24, 2.45) is 0 Å². The zero-order valence-electron chi connectivity index (χ0n) is 12.2. The van der Waals surface area contributed by atoms with Crippen LogP contribution in [0.15, 0.2) is 43.1 Å². The van der Waals surface area contributed by atoms with Crippen LogP contribution in [0.3, 0.4) is 0 Å². The molecule has 0 atom stereocenters. The highest BCUT2D eigenvalue weighted by Gasteiger charge is 2.21. The smallest absolute Gasteiger partial charge is 0.357 e. The van der Waals surface area contributed by atoms with Crippen LogP contribution in [0, 0.1) is 11.3 Å². The predicted molar refractivity (Wildman–Crippen MR) is 81.2 cm³/mol. The molecule has 0 saturated carbocycles. The number of hydrogen-bond acceptors (Lipinski definition) is 6. The molecule has 0 spiro atoms. The monoisotopic (exact) mass is 308 g/mol. The summed E-state index contributed by atoms with van der Waals surface area (Å²) in [5.41, 5.74) is 7.78. The molecule has 3 aromatic rings. The van der Waals surface area contributed by atoms with Crippen LogP contribution in [-0.2, 0) is 4.74 Å². The molecule has 0 saturated heterocycles. The van der Waals surface area contributed by atoms with E-state index < -0.39 is 5.97 Å². The fourth-order valence-corrected chi connectivity index (χ4v) is 2.23. The maximum atomic E-state index is 12.0. The summed E-state index contributed by atoms with van der Waals surface area (Å²) in [5.74, 6) is -0.607. The van der Waals surface area contributed by atoms with Gasteiger partial charge in [0.05, 0.1) is 24.0 Å². The van der Waals surface area contributed by atoms with E-state index in [4.69, 9.17) is 15.7 Å². The number of ether oxygens (including phenoxy) is 1. The summed E-state index contributed by atoms with van der Waals surface area (Å²) in [7, 11) is 1.26. The summed E-state index contributed by atoms with van der Waals surface area (Å²) in [6.07, 6.45) is 4.53. The summed E-state index contributed by atoms with van der Waals surface area (Å²) < 4.78 is 7.89. The van der Waals surface area contributed by atoms with Crippen molar-refractivity contribution in [3.05, 3.63) is 54.4 Å². The van der Waals surface area contributed by atoms with Crippen molar-refractivity contribution in [1.29, 1.82) is 5.26 Å². The third-order valence-electron chi connectivity index (χ3n) is 3.35. The minimum atomic E-state index is -0.607. The summed E-state index contributed by atoms with van der Waals surface area (Å²) in [5, 5.41) is 13.2. The summed E-state index contributed by atoms with van der Waals surface area (Å²) in [4.78, 5) is 15.8. The number of carbonyl (C=O) groups excluding carboxylic acids is 1. The number of anilines is 1. The molecule has 0 unspecified atom stereocenters. The first-order chi connectivity index (χ1) is 11.2. The van der Waals surface area contributed by atoms with Gasteiger partial charge in [-0.1, -0.05) is 0 Å². The second kappa shape index (κ2) is 5.65. The van der Waals surface area contributed by atoms with Crippen LogP contribution in [0.1, 0.15) is 16.1 Å². The predicted octanol–water partition coefficient (Wildman–Crippen LogP) is 1.30. The first-order valence-electron chi connectivity index (χ1n) is 6.60. The fourth-order valence-electron chi connectivity index (χ4n) is 2.23. The van der Waals surface area contributed by atoms with E-state index in [1.807, 2.05) is 18.2 Å². The lowest BCUT2D eigenvalue weighted by Gasteiger charge is -2.09. The lowest BCUT2D eigenvalue weighted by atomic mass is 10.2. The second-order valence-corrected chi connectivity index (χ2v) is 4.63. The topological polar surface area (TPSA) is 112 Å². The Morgan fingerprint density at radius 2 is 2.00 bits per heavy atom. The normalized spacial score (nSPS) is 10.3. The number of benzene rings is 1. The third-order valence-corrected chi connectivity index (χ3v) is 3.35. The van der Waals surface area contributed by atoms with Gasteiger partial charge in [-0.25, -0.2) is 14.5 Å². The SMILES string of the molecule is COC(=O)c1c(N)c(C#N)cn1-c1ccc(-n2cncn2)cc1. The van der Waals surface area contributed by atoms with E-state index in [-0.39, 0.29) is 16.9 Å². The highest BCUT2D eigenvalue weighted by molar-refractivity contribution is 5.95. The fraction of sp³-hybridized carbons (Fsp3) is 0.0667. The van der Waals surface area contributed by atoms with Gasteiger partial charge in [0, 0.05) is 11.9 Å². The average molecular weight is 308 g/mol. The van der Waals surface area contributed by atoms with Gasteiger partial charge in [-0.2, -0.15) is 10.4 Å². The minimum Gasteiger partial charge on any atom is -0.464 e. The maximum Gasteiger partial charge on any atom is 0.357 e. The van der Waals surface area contributed by atoms with Gasteiger partial charge in [0.25, 0.3) is 0 Å². The molecule has 1 aromatic carbocycles. The van der Waals surface area contributed by atoms with Crippen LogP contribution in [0.25, 0.3) is 11.4 Å². The molecule has 2 aromatic heterocycles. The first-order valence-corrected chi connectivity index (χ1v) is 6.60. The molecule has 0 bridgehead atoms. The van der Waals surface area contributed by atoms with Crippen molar-refractivity contribution in [3.8, 4) is 17.4 Å². The van der Waals surface area contributed by atoms with Crippen molar-refractivity contribution in [3.63, 3.8) is 0 Å². The van der Waals surface area contributed by atoms with Crippen molar-refractivity contribution >= 4 is 11.7 Å². The number of nitrogen functional groups attached to an aromatic ring is 1. The Morgan fingerprint density at radius 1 is 1.30 bits per heavy atom. The van der Waals surface area contributed by atoms with Gasteiger partial charge in [0.15, 0.2) is 5.69 Å². The molecule has 0 fully saturated rings. The van der Waals surface area contributed by atoms with Gasteiger partial charge in [0.2, 0.25) is 0 Å². The Hall–Kier alpha value is -3.60. The molecule has 2 N–H and O–H groups in total. The number of nitrogens with zero attached hydrogens (tertiary/aromatic N) is 5. The van der Waals surface area contributed by atoms with Gasteiger partial charge in [-0.3, -0.25) is 0 Å². The molecule has 0 amide bonds. The van der Waals surface area contributed by atoms with E-state index in [1.54, 1.807) is 23.1 Å². The van der Waals surface area contributed by atoms with E-state index in [0.29, 0.717) is 5.69 Å². The minimum absolute atomic E-state index is 0.0969. The highest BCUT2D eigenvalue weighted by atomic mass is 16.5. The molecular weight excluding hydrogens is 296 g/mol. The van der Waals surface area contributed by atoms with Gasteiger partial charge in [-0.15, -0.1) is 0 Å². The number of nitrogens with two attached hydrogens (primary N) is 1. The van der Waals surface area contributed by atoms with Crippen LogP contribution < -0.4 is 5.73 Å². The van der Waals surface area contributed by atoms with E-state index in [0.717, 1.165) is 5.69 Å². The number of aromatic nitrogens is 4. The molecule has 0 radical (unpaired) electrons. The number of rotatable bonds is 3. The standard InChI is InChI=1S/C15H12N6O2/c1-23-15(22)14-13(17)10(6-16)7-20(14)11-2-4-12(5-3-11)21-9-18-8-19-21/h2-5,7-9H,17H2,1H3. The quantitative estimate of drug-likeness (QED) is 0.730. The first kappa shape index (κ1) is 14.3. The van der Waals surface area contributed by atoms with Crippen LogP contribution >= 0.6 is 0 Å². The summed E-state index contributed by atoms with van der Waals surface area (Å²) >= 11 is 0. The summed E-state index contributed by atoms with van der Waals surface area (Å²) in [6.45, 7) is 0. The van der Waals surface area contributed by atoms with Crippen molar-refractivity contribution < 1.29 is 9.53 Å². The lowest BCUT2D eigenvalue weighted by molar-refractivity contribution is 0.0593. The molecule has 0 aliphatic rings. The third kappa shape index (κ3) is 2.40. The van der Waals surface area contributed by atoms with Crippen LogP contribution in [0.5, 0.6) is 0 Å². The average Bonchev–Trinajstić information content (AvgIpc) is 3.22. The Kier molecular flexibility index (Phi) is 3.52. The Bertz CT molecular complexity index is 887.